The minimum Gasteiger partial charge on any atom is -0.309 e. The first kappa shape index (κ1) is 16.6. The van der Waals surface area contributed by atoms with Crippen LogP contribution in [0.1, 0.15) is 11.1 Å². The molecule has 1 aliphatic heterocycles. The van der Waals surface area contributed by atoms with E-state index in [1.54, 1.807) is 24.4 Å². The second-order valence-electron chi connectivity index (χ2n) is 6.86. The molecule has 130 valence electrons. The summed E-state index contributed by atoms with van der Waals surface area (Å²) in [6.45, 7) is 2.90. The highest BCUT2D eigenvalue weighted by molar-refractivity contribution is 7.90. The van der Waals surface area contributed by atoms with E-state index in [1.807, 2.05) is 27.1 Å². The number of nitrogens with zero attached hydrogens (tertiary/aromatic N) is 2. The van der Waals surface area contributed by atoms with Gasteiger partial charge in [0.1, 0.15) is 0 Å². The maximum absolute atomic E-state index is 13.1. The molecule has 25 heavy (non-hydrogen) atoms. The summed E-state index contributed by atoms with van der Waals surface area (Å²) in [5.74, 6) is 0. The first-order valence-corrected chi connectivity index (χ1v) is 9.95. The number of benzene rings is 2. The van der Waals surface area contributed by atoms with Crippen LogP contribution in [0.2, 0.25) is 5.02 Å². The van der Waals surface area contributed by atoms with Crippen molar-refractivity contribution in [2.45, 2.75) is 18.2 Å². The van der Waals surface area contributed by atoms with Crippen molar-refractivity contribution in [1.29, 1.82) is 0 Å². The van der Waals surface area contributed by atoms with E-state index in [0.717, 1.165) is 40.6 Å². The standard InChI is InChI=1S/C19H19ClN2O2S/c1-12-8-15-13(6-7-21(2)3)11-22-19(15)17(9-12)16-10-14(20)4-5-18(16)25(22,23)24/h4-5,8-11H,6-7H2,1-3H3. The topological polar surface area (TPSA) is 42.3 Å². The van der Waals surface area contributed by atoms with Gasteiger partial charge in [-0.2, -0.15) is 0 Å². The lowest BCUT2D eigenvalue weighted by Gasteiger charge is -2.20. The van der Waals surface area contributed by atoms with Crippen LogP contribution in [0.3, 0.4) is 0 Å². The highest BCUT2D eigenvalue weighted by Gasteiger charge is 2.31. The van der Waals surface area contributed by atoms with E-state index in [-0.39, 0.29) is 0 Å². The number of aryl methyl sites for hydroxylation is 1. The van der Waals surface area contributed by atoms with Gasteiger partial charge >= 0.3 is 0 Å². The maximum atomic E-state index is 13.1. The van der Waals surface area contributed by atoms with Crippen molar-refractivity contribution in [3.63, 3.8) is 0 Å². The number of rotatable bonds is 3. The summed E-state index contributed by atoms with van der Waals surface area (Å²) < 4.78 is 27.7. The lowest BCUT2D eigenvalue weighted by Crippen LogP contribution is -2.17. The molecule has 4 rings (SSSR count). The number of fused-ring (bicyclic) bond motifs is 2. The smallest absolute Gasteiger partial charge is 0.268 e. The molecule has 2 heterocycles. The van der Waals surface area contributed by atoms with Crippen LogP contribution in [0.15, 0.2) is 41.4 Å². The first-order valence-electron chi connectivity index (χ1n) is 8.14. The molecule has 0 saturated heterocycles. The van der Waals surface area contributed by atoms with Crippen LogP contribution in [-0.4, -0.2) is 37.9 Å². The summed E-state index contributed by atoms with van der Waals surface area (Å²) in [5, 5.41) is 1.54. The van der Waals surface area contributed by atoms with Crippen LogP contribution in [0.25, 0.3) is 22.0 Å². The van der Waals surface area contributed by atoms with Crippen LogP contribution >= 0.6 is 11.6 Å². The summed E-state index contributed by atoms with van der Waals surface area (Å²) in [7, 11) is 0.422. The molecular formula is C19H19ClN2O2S. The van der Waals surface area contributed by atoms with Crippen LogP contribution in [0.5, 0.6) is 0 Å². The third-order valence-corrected chi connectivity index (χ3v) is 6.64. The molecule has 0 saturated carbocycles. The Morgan fingerprint density at radius 3 is 2.60 bits per heavy atom. The van der Waals surface area contributed by atoms with E-state index >= 15 is 0 Å². The quantitative estimate of drug-likeness (QED) is 0.545. The molecule has 1 aromatic heterocycles. The lowest BCUT2D eigenvalue weighted by molar-refractivity contribution is 0.414. The summed E-state index contributed by atoms with van der Waals surface area (Å²) in [6, 6.07) is 9.10. The van der Waals surface area contributed by atoms with Gasteiger partial charge in [-0.05, 0) is 68.9 Å². The molecule has 6 heteroatoms. The molecule has 4 nitrogen and oxygen atoms in total. The van der Waals surface area contributed by atoms with Crippen molar-refractivity contribution in [3.05, 3.63) is 52.7 Å². The molecule has 0 N–H and O–H groups in total. The summed E-state index contributed by atoms with van der Waals surface area (Å²) in [5.41, 5.74) is 4.53. The van der Waals surface area contributed by atoms with E-state index < -0.39 is 10.0 Å². The number of halogens is 1. The zero-order valence-electron chi connectivity index (χ0n) is 14.4. The Balaban J connectivity index is 2.09. The predicted molar refractivity (Wildman–Crippen MR) is 102 cm³/mol. The van der Waals surface area contributed by atoms with Crippen molar-refractivity contribution in [2.24, 2.45) is 0 Å². The largest absolute Gasteiger partial charge is 0.309 e. The van der Waals surface area contributed by atoms with Gasteiger partial charge < -0.3 is 4.90 Å². The molecule has 0 bridgehead atoms. The van der Waals surface area contributed by atoms with Gasteiger partial charge in [-0.15, -0.1) is 0 Å². The minimum atomic E-state index is -3.61. The molecule has 0 aliphatic carbocycles. The van der Waals surface area contributed by atoms with Crippen molar-refractivity contribution in [3.8, 4) is 11.1 Å². The van der Waals surface area contributed by atoms with E-state index in [1.165, 1.54) is 3.97 Å². The fourth-order valence-electron chi connectivity index (χ4n) is 3.52. The highest BCUT2D eigenvalue weighted by Crippen LogP contribution is 2.43. The van der Waals surface area contributed by atoms with Crippen LogP contribution in [0.4, 0.5) is 0 Å². The van der Waals surface area contributed by atoms with Crippen LogP contribution in [0, 0.1) is 6.92 Å². The molecule has 0 unspecified atom stereocenters. The molecular weight excluding hydrogens is 356 g/mol. The summed E-state index contributed by atoms with van der Waals surface area (Å²) in [4.78, 5) is 2.41. The van der Waals surface area contributed by atoms with Crippen molar-refractivity contribution >= 4 is 32.5 Å². The normalized spacial score (nSPS) is 14.9. The molecule has 1 aliphatic rings. The Labute approximate surface area is 152 Å². The zero-order chi connectivity index (χ0) is 17.9. The average molecular weight is 375 g/mol. The number of aromatic nitrogens is 1. The van der Waals surface area contributed by atoms with E-state index in [2.05, 4.69) is 11.0 Å². The maximum Gasteiger partial charge on any atom is 0.268 e. The second kappa shape index (κ2) is 5.59. The summed E-state index contributed by atoms with van der Waals surface area (Å²) in [6.07, 6.45) is 2.58. The molecule has 0 fully saturated rings. The Morgan fingerprint density at radius 1 is 1.12 bits per heavy atom. The van der Waals surface area contributed by atoms with Gasteiger partial charge in [-0.3, -0.25) is 0 Å². The molecule has 0 atom stereocenters. The van der Waals surface area contributed by atoms with Gasteiger partial charge in [0.05, 0.1) is 10.4 Å². The van der Waals surface area contributed by atoms with Gasteiger partial charge in [0, 0.05) is 34.3 Å². The van der Waals surface area contributed by atoms with E-state index in [4.69, 9.17) is 11.6 Å². The van der Waals surface area contributed by atoms with Gasteiger partial charge in [-0.1, -0.05) is 11.6 Å². The lowest BCUT2D eigenvalue weighted by atomic mass is 9.98. The van der Waals surface area contributed by atoms with E-state index in [9.17, 15) is 8.42 Å². The number of hydrogen-bond acceptors (Lipinski definition) is 3. The Morgan fingerprint density at radius 2 is 1.88 bits per heavy atom. The Hall–Kier alpha value is -1.82. The van der Waals surface area contributed by atoms with Crippen LogP contribution in [-0.2, 0) is 16.4 Å². The monoisotopic (exact) mass is 374 g/mol. The Bertz CT molecular complexity index is 1110. The van der Waals surface area contributed by atoms with Crippen LogP contribution < -0.4 is 0 Å². The molecule has 2 aromatic carbocycles. The molecule has 0 spiro atoms. The highest BCUT2D eigenvalue weighted by atomic mass is 35.5. The van der Waals surface area contributed by atoms with Gasteiger partial charge in [0.15, 0.2) is 0 Å². The van der Waals surface area contributed by atoms with Gasteiger partial charge in [-0.25, -0.2) is 12.4 Å². The number of hydrogen-bond donors (Lipinski definition) is 0. The zero-order valence-corrected chi connectivity index (χ0v) is 15.9. The molecule has 3 aromatic rings. The fraction of sp³-hybridized carbons (Fsp3) is 0.263. The van der Waals surface area contributed by atoms with Gasteiger partial charge in [0.2, 0.25) is 0 Å². The van der Waals surface area contributed by atoms with E-state index in [0.29, 0.717) is 15.5 Å². The first-order chi connectivity index (χ1) is 11.8. The predicted octanol–water partition coefficient (Wildman–Crippen LogP) is 3.92. The minimum absolute atomic E-state index is 0.311. The summed E-state index contributed by atoms with van der Waals surface area (Å²) >= 11 is 6.15. The van der Waals surface area contributed by atoms with Crippen molar-refractivity contribution < 1.29 is 8.42 Å². The third kappa shape index (κ3) is 2.49. The number of likely N-dealkylation sites (N-methyl/N-ethyl adjacent to an activating group) is 1. The third-order valence-electron chi connectivity index (χ3n) is 4.69. The average Bonchev–Trinajstić information content (AvgIpc) is 2.90. The SMILES string of the molecule is Cc1cc2c3c(c1)c(CCN(C)C)cn3S(=O)(=O)c1ccc(Cl)cc1-2. The van der Waals surface area contributed by atoms with Gasteiger partial charge in [0.25, 0.3) is 10.0 Å². The Kier molecular flexibility index (Phi) is 3.72. The second-order valence-corrected chi connectivity index (χ2v) is 9.08. The fourth-order valence-corrected chi connectivity index (χ4v) is 5.29. The van der Waals surface area contributed by atoms with Crippen molar-refractivity contribution in [1.82, 2.24) is 8.87 Å². The van der Waals surface area contributed by atoms with Crippen molar-refractivity contribution in [2.75, 3.05) is 20.6 Å². The molecule has 0 radical (unpaired) electrons. The molecule has 0 amide bonds.